The van der Waals surface area contributed by atoms with Crippen LogP contribution in [0.5, 0.6) is 0 Å². The fourth-order valence-corrected chi connectivity index (χ4v) is 2.98. The van der Waals surface area contributed by atoms with Crippen LogP contribution in [0.2, 0.25) is 4.34 Å². The Balaban J connectivity index is 1.68. The summed E-state index contributed by atoms with van der Waals surface area (Å²) in [5.74, 6) is -0.837. The molecule has 0 aliphatic heterocycles. The van der Waals surface area contributed by atoms with E-state index in [1.807, 2.05) is 25.1 Å². The highest BCUT2D eigenvalue weighted by atomic mass is 35.5. The van der Waals surface area contributed by atoms with Crippen molar-refractivity contribution in [3.63, 3.8) is 0 Å². The number of ether oxygens (including phenoxy) is 1. The van der Waals surface area contributed by atoms with Crippen LogP contribution in [0.4, 0.5) is 0 Å². The van der Waals surface area contributed by atoms with Gasteiger partial charge in [-0.1, -0.05) is 41.9 Å². The molecule has 122 valence electrons. The van der Waals surface area contributed by atoms with Gasteiger partial charge >= 0.3 is 5.97 Å². The number of carbonyl (C=O) groups is 2. The number of aryl methyl sites for hydroxylation is 1. The Morgan fingerprint density at radius 1 is 1.22 bits per heavy atom. The SMILES string of the molecule is CC(CCc1ccccc1)NC(=O)COC(=O)c1ccc(Cl)s1. The molecule has 4 nitrogen and oxygen atoms in total. The van der Waals surface area contributed by atoms with Crippen molar-refractivity contribution in [1.29, 1.82) is 0 Å². The van der Waals surface area contributed by atoms with Crippen molar-refractivity contribution in [2.75, 3.05) is 6.61 Å². The van der Waals surface area contributed by atoms with E-state index in [4.69, 9.17) is 16.3 Å². The molecule has 0 bridgehead atoms. The fraction of sp³-hybridized carbons (Fsp3) is 0.294. The van der Waals surface area contributed by atoms with Crippen LogP contribution in [0.25, 0.3) is 0 Å². The lowest BCUT2D eigenvalue weighted by Crippen LogP contribution is -2.36. The molecule has 0 saturated carbocycles. The average Bonchev–Trinajstić information content (AvgIpc) is 2.98. The lowest BCUT2D eigenvalue weighted by atomic mass is 10.1. The van der Waals surface area contributed by atoms with Crippen molar-refractivity contribution in [1.82, 2.24) is 5.32 Å². The zero-order chi connectivity index (χ0) is 16.7. The van der Waals surface area contributed by atoms with Crippen molar-refractivity contribution in [2.24, 2.45) is 0 Å². The third kappa shape index (κ3) is 6.04. The number of benzene rings is 1. The molecule has 0 spiro atoms. The van der Waals surface area contributed by atoms with Crippen LogP contribution >= 0.6 is 22.9 Å². The molecule has 1 unspecified atom stereocenters. The molecule has 1 aromatic heterocycles. The number of rotatable bonds is 7. The maximum Gasteiger partial charge on any atom is 0.348 e. The van der Waals surface area contributed by atoms with Crippen molar-refractivity contribution in [2.45, 2.75) is 25.8 Å². The first kappa shape index (κ1) is 17.5. The number of amides is 1. The van der Waals surface area contributed by atoms with E-state index in [1.165, 1.54) is 5.56 Å². The number of hydrogen-bond acceptors (Lipinski definition) is 4. The van der Waals surface area contributed by atoms with E-state index >= 15 is 0 Å². The highest BCUT2D eigenvalue weighted by Crippen LogP contribution is 2.21. The van der Waals surface area contributed by atoms with Gasteiger partial charge in [-0.05, 0) is 37.5 Å². The maximum absolute atomic E-state index is 11.8. The zero-order valence-electron chi connectivity index (χ0n) is 12.8. The minimum absolute atomic E-state index is 0.0117. The van der Waals surface area contributed by atoms with E-state index in [2.05, 4.69) is 17.4 Å². The molecule has 0 aliphatic carbocycles. The van der Waals surface area contributed by atoms with Gasteiger partial charge in [0.25, 0.3) is 5.91 Å². The molecule has 2 rings (SSSR count). The van der Waals surface area contributed by atoms with E-state index < -0.39 is 5.97 Å². The molecule has 0 fully saturated rings. The first-order valence-electron chi connectivity index (χ1n) is 7.30. The topological polar surface area (TPSA) is 55.4 Å². The highest BCUT2D eigenvalue weighted by molar-refractivity contribution is 7.17. The van der Waals surface area contributed by atoms with Crippen molar-refractivity contribution >= 4 is 34.8 Å². The lowest BCUT2D eigenvalue weighted by Gasteiger charge is -2.13. The molecule has 0 radical (unpaired) electrons. The number of nitrogens with one attached hydrogen (secondary N) is 1. The van der Waals surface area contributed by atoms with Gasteiger partial charge in [-0.25, -0.2) is 4.79 Å². The largest absolute Gasteiger partial charge is 0.451 e. The molecular formula is C17H18ClNO3S. The van der Waals surface area contributed by atoms with Crippen molar-refractivity contribution in [3.05, 3.63) is 57.2 Å². The molecule has 1 heterocycles. The molecule has 6 heteroatoms. The summed E-state index contributed by atoms with van der Waals surface area (Å²) in [5, 5.41) is 2.82. The average molecular weight is 352 g/mol. The van der Waals surface area contributed by atoms with Gasteiger partial charge in [-0.3, -0.25) is 4.79 Å². The second kappa shape index (κ2) is 8.70. The minimum atomic E-state index is -0.533. The molecule has 1 N–H and O–H groups in total. The Morgan fingerprint density at radius 3 is 2.61 bits per heavy atom. The predicted molar refractivity (Wildman–Crippen MR) is 92.0 cm³/mol. The standard InChI is InChI=1S/C17H18ClNO3S/c1-12(7-8-13-5-3-2-4-6-13)19-16(20)11-22-17(21)14-9-10-15(18)23-14/h2-6,9-10,12H,7-8,11H2,1H3,(H,19,20). The summed E-state index contributed by atoms with van der Waals surface area (Å²) in [6, 6.07) is 13.3. The number of thiophene rings is 1. The Kier molecular flexibility index (Phi) is 6.62. The summed E-state index contributed by atoms with van der Waals surface area (Å²) in [4.78, 5) is 23.9. The molecule has 23 heavy (non-hydrogen) atoms. The van der Waals surface area contributed by atoms with Crippen LogP contribution in [-0.2, 0) is 16.0 Å². The summed E-state index contributed by atoms with van der Waals surface area (Å²) in [5.41, 5.74) is 1.23. The molecule has 0 aliphatic rings. The quantitative estimate of drug-likeness (QED) is 0.774. The minimum Gasteiger partial charge on any atom is -0.451 e. The summed E-state index contributed by atoms with van der Waals surface area (Å²) in [6.45, 7) is 1.64. The Hall–Kier alpha value is -1.85. The third-order valence-corrected chi connectivity index (χ3v) is 4.44. The van der Waals surface area contributed by atoms with Crippen molar-refractivity contribution in [3.8, 4) is 0 Å². The second-order valence-electron chi connectivity index (χ2n) is 5.17. The number of carbonyl (C=O) groups excluding carboxylic acids is 2. The summed E-state index contributed by atoms with van der Waals surface area (Å²) >= 11 is 6.88. The monoisotopic (exact) mass is 351 g/mol. The molecule has 1 atom stereocenters. The normalized spacial score (nSPS) is 11.7. The Labute approximate surface area is 144 Å². The van der Waals surface area contributed by atoms with Crippen LogP contribution in [0.3, 0.4) is 0 Å². The third-order valence-electron chi connectivity index (χ3n) is 3.22. The van der Waals surface area contributed by atoms with Crippen LogP contribution < -0.4 is 5.32 Å². The van der Waals surface area contributed by atoms with Crippen LogP contribution in [0.1, 0.15) is 28.6 Å². The molecule has 1 aromatic carbocycles. The van der Waals surface area contributed by atoms with Gasteiger partial charge in [-0.2, -0.15) is 0 Å². The smallest absolute Gasteiger partial charge is 0.348 e. The first-order chi connectivity index (χ1) is 11.0. The molecule has 1 amide bonds. The van der Waals surface area contributed by atoms with E-state index in [-0.39, 0.29) is 18.6 Å². The zero-order valence-corrected chi connectivity index (χ0v) is 14.3. The van der Waals surface area contributed by atoms with Gasteiger partial charge in [0.1, 0.15) is 4.88 Å². The molecule has 2 aromatic rings. The number of halogens is 1. The summed E-state index contributed by atoms with van der Waals surface area (Å²) < 4.78 is 5.48. The van der Waals surface area contributed by atoms with E-state index in [9.17, 15) is 9.59 Å². The highest BCUT2D eigenvalue weighted by Gasteiger charge is 2.13. The fourth-order valence-electron chi connectivity index (χ4n) is 2.04. The summed E-state index contributed by atoms with van der Waals surface area (Å²) in [6.07, 6.45) is 1.71. The van der Waals surface area contributed by atoms with E-state index in [0.29, 0.717) is 9.21 Å². The maximum atomic E-state index is 11.8. The van der Waals surface area contributed by atoms with Gasteiger partial charge < -0.3 is 10.1 Å². The number of esters is 1. The van der Waals surface area contributed by atoms with Crippen LogP contribution in [0, 0.1) is 0 Å². The van der Waals surface area contributed by atoms with Gasteiger partial charge in [0, 0.05) is 6.04 Å². The van der Waals surface area contributed by atoms with E-state index in [1.54, 1.807) is 12.1 Å². The van der Waals surface area contributed by atoms with E-state index in [0.717, 1.165) is 24.2 Å². The van der Waals surface area contributed by atoms with Crippen molar-refractivity contribution < 1.29 is 14.3 Å². The first-order valence-corrected chi connectivity index (χ1v) is 8.50. The van der Waals surface area contributed by atoms with Gasteiger partial charge in [0.2, 0.25) is 0 Å². The Bertz CT molecular complexity index is 657. The van der Waals surface area contributed by atoms with Crippen LogP contribution in [-0.4, -0.2) is 24.5 Å². The second-order valence-corrected chi connectivity index (χ2v) is 6.89. The summed E-state index contributed by atoms with van der Waals surface area (Å²) in [7, 11) is 0. The van der Waals surface area contributed by atoms with Crippen LogP contribution in [0.15, 0.2) is 42.5 Å². The van der Waals surface area contributed by atoms with Gasteiger partial charge in [-0.15, -0.1) is 11.3 Å². The predicted octanol–water partition coefficient (Wildman–Crippen LogP) is 3.70. The Morgan fingerprint density at radius 2 is 1.96 bits per heavy atom. The van der Waals surface area contributed by atoms with Gasteiger partial charge in [0.15, 0.2) is 6.61 Å². The molecule has 0 saturated heterocycles. The lowest BCUT2D eigenvalue weighted by molar-refractivity contribution is -0.124. The molecular weight excluding hydrogens is 334 g/mol. The van der Waals surface area contributed by atoms with Gasteiger partial charge in [0.05, 0.1) is 4.34 Å². The number of hydrogen-bond donors (Lipinski definition) is 1.